The second-order valence-corrected chi connectivity index (χ2v) is 11.2. The van der Waals surface area contributed by atoms with Crippen LogP contribution in [0.5, 0.6) is 5.75 Å². The number of nitrogens with zero attached hydrogens (tertiary/aromatic N) is 1. The molecule has 0 unspecified atom stereocenters. The Morgan fingerprint density at radius 2 is 1.86 bits per heavy atom. The van der Waals surface area contributed by atoms with Crippen LogP contribution in [-0.4, -0.2) is 43.8 Å². The number of carbonyl (C=O) groups excluding carboxylic acids is 1. The van der Waals surface area contributed by atoms with Gasteiger partial charge in [-0.25, -0.2) is 22.2 Å². The van der Waals surface area contributed by atoms with Crippen molar-refractivity contribution in [3.05, 3.63) is 75.9 Å². The van der Waals surface area contributed by atoms with Crippen LogP contribution in [0.1, 0.15) is 23.7 Å². The van der Waals surface area contributed by atoms with Crippen molar-refractivity contribution >= 4 is 27.3 Å². The summed E-state index contributed by atoms with van der Waals surface area (Å²) in [6, 6.07) is 8.33. The fourth-order valence-electron chi connectivity index (χ4n) is 4.03. The number of primary amides is 1. The van der Waals surface area contributed by atoms with Crippen LogP contribution in [0.3, 0.4) is 0 Å². The molecule has 0 saturated carbocycles. The summed E-state index contributed by atoms with van der Waals surface area (Å²) in [5.41, 5.74) is 8.16. The third-order valence-electron chi connectivity index (χ3n) is 6.36. The average Bonchev–Trinajstić information content (AvgIpc) is 3.18. The van der Waals surface area contributed by atoms with E-state index in [4.69, 9.17) is 27.8 Å². The number of halogens is 3. The first-order chi connectivity index (χ1) is 16.7. The molecule has 2 heterocycles. The normalized spacial score (nSPS) is 18.9. The highest BCUT2D eigenvalue weighted by molar-refractivity contribution is 7.90. The molecule has 12 heteroatoms. The number of ether oxygens (including phenoxy) is 1. The molecule has 8 nitrogen and oxygen atoms in total. The molecule has 0 bridgehead atoms. The predicted octanol–water partition coefficient (Wildman–Crippen LogP) is 2.41. The number of amides is 1. The molecule has 1 amide bonds. The lowest BCUT2D eigenvalue weighted by atomic mass is 9.81. The molecule has 5 N–H and O–H groups in total. The van der Waals surface area contributed by atoms with Crippen molar-refractivity contribution in [3.8, 4) is 17.0 Å². The predicted molar refractivity (Wildman–Crippen MR) is 128 cm³/mol. The highest BCUT2D eigenvalue weighted by atomic mass is 35.5. The van der Waals surface area contributed by atoms with E-state index in [1.807, 2.05) is 0 Å². The first kappa shape index (κ1) is 26.0. The molecule has 4 rings (SSSR count). The van der Waals surface area contributed by atoms with E-state index in [9.17, 15) is 27.1 Å². The Bertz CT molecular complexity index is 1500. The van der Waals surface area contributed by atoms with Crippen molar-refractivity contribution in [2.45, 2.75) is 22.8 Å². The van der Waals surface area contributed by atoms with E-state index in [2.05, 4.69) is 4.98 Å². The van der Waals surface area contributed by atoms with Gasteiger partial charge in [0.25, 0.3) is 0 Å². The summed E-state index contributed by atoms with van der Waals surface area (Å²) in [5.74, 6) is -2.71. The van der Waals surface area contributed by atoms with Crippen molar-refractivity contribution in [3.63, 3.8) is 0 Å². The largest absolute Gasteiger partial charge is 0.489 e. The topological polar surface area (TPSA) is 146 Å². The van der Waals surface area contributed by atoms with Gasteiger partial charge in [-0.15, -0.1) is 0 Å². The zero-order valence-electron chi connectivity index (χ0n) is 19.2. The van der Waals surface area contributed by atoms with E-state index >= 15 is 0 Å². The SMILES string of the molecule is C[C@]1(C(N)=O)COc2c1cc([C@@](O)(CN)c1ccc(S(C)(=O)=O)cc1)nc2-c1cc(Cl)c(F)cc1F. The number of nitrogens with two attached hydrogens (primary N) is 2. The number of sulfone groups is 1. The summed E-state index contributed by atoms with van der Waals surface area (Å²) < 4.78 is 58.2. The fraction of sp³-hybridized carbons (Fsp3) is 0.250. The second kappa shape index (κ2) is 8.77. The maximum absolute atomic E-state index is 14.9. The lowest BCUT2D eigenvalue weighted by Gasteiger charge is -2.29. The van der Waals surface area contributed by atoms with Gasteiger partial charge in [-0.3, -0.25) is 4.79 Å². The number of hydrogen-bond acceptors (Lipinski definition) is 7. The highest BCUT2D eigenvalue weighted by Gasteiger charge is 2.46. The Morgan fingerprint density at radius 1 is 1.22 bits per heavy atom. The lowest BCUT2D eigenvalue weighted by molar-refractivity contribution is -0.123. The van der Waals surface area contributed by atoms with Gasteiger partial charge in [0.2, 0.25) is 5.91 Å². The summed E-state index contributed by atoms with van der Waals surface area (Å²) in [6.45, 7) is 0.916. The van der Waals surface area contributed by atoms with Gasteiger partial charge in [-0.2, -0.15) is 0 Å². The molecule has 2 atom stereocenters. The first-order valence-electron chi connectivity index (χ1n) is 10.6. The smallest absolute Gasteiger partial charge is 0.231 e. The van der Waals surface area contributed by atoms with Crippen molar-refractivity contribution in [2.24, 2.45) is 11.5 Å². The molecular weight excluding hydrogens is 516 g/mol. The molecule has 0 spiro atoms. The number of benzene rings is 2. The van der Waals surface area contributed by atoms with Crippen LogP contribution >= 0.6 is 11.6 Å². The third-order valence-corrected chi connectivity index (χ3v) is 7.78. The Morgan fingerprint density at radius 3 is 2.42 bits per heavy atom. The minimum atomic E-state index is -3.51. The standard InChI is InChI=1S/C24H22ClF2N3O5S/c1-23(22(29)31)11-35-21-15(23)8-19(30-20(21)14-7-16(25)18(27)9-17(14)26)24(32,10-28)12-3-5-13(6-4-12)36(2,33)34/h3-9,32H,10-11,28H2,1-2H3,(H2,29,31)/t23-,24+/m0/s1. The van der Waals surface area contributed by atoms with Crippen LogP contribution < -0.4 is 16.2 Å². The Kier molecular flexibility index (Phi) is 6.32. The second-order valence-electron chi connectivity index (χ2n) is 8.82. The van der Waals surface area contributed by atoms with Gasteiger partial charge in [-0.1, -0.05) is 23.7 Å². The minimum Gasteiger partial charge on any atom is -0.489 e. The van der Waals surface area contributed by atoms with Gasteiger partial charge in [0.15, 0.2) is 9.84 Å². The molecule has 36 heavy (non-hydrogen) atoms. The molecular formula is C24H22ClF2N3O5S. The monoisotopic (exact) mass is 537 g/mol. The number of hydrogen-bond donors (Lipinski definition) is 3. The summed E-state index contributed by atoms with van der Waals surface area (Å²) in [7, 11) is -3.51. The van der Waals surface area contributed by atoms with Gasteiger partial charge >= 0.3 is 0 Å². The van der Waals surface area contributed by atoms with E-state index in [0.717, 1.165) is 12.3 Å². The molecule has 0 fully saturated rings. The molecule has 190 valence electrons. The van der Waals surface area contributed by atoms with Crippen molar-refractivity contribution in [2.75, 3.05) is 19.4 Å². The Balaban J connectivity index is 2.01. The van der Waals surface area contributed by atoms with Gasteiger partial charge in [0.1, 0.15) is 40.7 Å². The number of fused-ring (bicyclic) bond motifs is 1. The number of rotatable bonds is 6. The molecule has 0 radical (unpaired) electrons. The lowest BCUT2D eigenvalue weighted by Crippen LogP contribution is -2.41. The minimum absolute atomic E-state index is 0.0194. The maximum atomic E-state index is 14.9. The molecule has 0 saturated heterocycles. The number of pyridine rings is 1. The fourth-order valence-corrected chi connectivity index (χ4v) is 4.83. The molecule has 1 aliphatic heterocycles. The van der Waals surface area contributed by atoms with E-state index < -0.39 is 44.9 Å². The number of carbonyl (C=O) groups is 1. The van der Waals surface area contributed by atoms with Crippen molar-refractivity contribution in [1.29, 1.82) is 0 Å². The highest BCUT2D eigenvalue weighted by Crippen LogP contribution is 2.47. The van der Waals surface area contributed by atoms with Crippen LogP contribution in [0.15, 0.2) is 47.4 Å². The quantitative estimate of drug-likeness (QED) is 0.409. The molecule has 2 aromatic carbocycles. The number of aromatic nitrogens is 1. The van der Waals surface area contributed by atoms with E-state index in [1.165, 1.54) is 37.3 Å². The van der Waals surface area contributed by atoms with Crippen molar-refractivity contribution < 1.29 is 31.8 Å². The van der Waals surface area contributed by atoms with Crippen molar-refractivity contribution in [1.82, 2.24) is 4.98 Å². The number of aliphatic hydroxyl groups is 1. The molecule has 0 aliphatic carbocycles. The van der Waals surface area contributed by atoms with Gasteiger partial charge in [0, 0.05) is 30.0 Å². The molecule has 1 aliphatic rings. The zero-order chi connectivity index (χ0) is 26.6. The summed E-state index contributed by atoms with van der Waals surface area (Å²) in [4.78, 5) is 16.8. The third kappa shape index (κ3) is 4.11. The molecule has 3 aromatic rings. The maximum Gasteiger partial charge on any atom is 0.231 e. The Labute approximate surface area is 210 Å². The van der Waals surface area contributed by atoms with Crippen LogP contribution in [-0.2, 0) is 25.6 Å². The van der Waals surface area contributed by atoms with Crippen LogP contribution in [0.25, 0.3) is 11.3 Å². The van der Waals surface area contributed by atoms with E-state index in [1.54, 1.807) is 0 Å². The van der Waals surface area contributed by atoms with E-state index in [0.29, 0.717) is 6.07 Å². The first-order valence-corrected chi connectivity index (χ1v) is 12.9. The van der Waals surface area contributed by atoms with E-state index in [-0.39, 0.29) is 50.4 Å². The summed E-state index contributed by atoms with van der Waals surface area (Å²) in [5, 5.41) is 11.3. The zero-order valence-corrected chi connectivity index (χ0v) is 20.8. The van der Waals surface area contributed by atoms with Gasteiger partial charge in [0.05, 0.1) is 15.6 Å². The average molecular weight is 538 g/mol. The van der Waals surface area contributed by atoms with Gasteiger partial charge < -0.3 is 21.3 Å². The van der Waals surface area contributed by atoms with Crippen LogP contribution in [0, 0.1) is 11.6 Å². The van der Waals surface area contributed by atoms with Crippen LogP contribution in [0.4, 0.5) is 8.78 Å². The Hall–Kier alpha value is -3.12. The molecule has 1 aromatic heterocycles. The van der Waals surface area contributed by atoms with Gasteiger partial charge in [-0.05, 0) is 36.8 Å². The van der Waals surface area contributed by atoms with Crippen LogP contribution in [0.2, 0.25) is 5.02 Å². The summed E-state index contributed by atoms with van der Waals surface area (Å²) >= 11 is 5.89. The summed E-state index contributed by atoms with van der Waals surface area (Å²) in [6.07, 6.45) is 1.04.